The van der Waals surface area contributed by atoms with Crippen molar-refractivity contribution in [2.75, 3.05) is 24.5 Å². The summed E-state index contributed by atoms with van der Waals surface area (Å²) in [4.78, 5) is 30.4. The Kier molecular flexibility index (Phi) is 6.03. The van der Waals surface area contributed by atoms with Gasteiger partial charge in [0.2, 0.25) is 5.43 Å². The lowest BCUT2D eigenvalue weighted by Crippen LogP contribution is -2.33. The molecular formula is C22H26ClFN4O3. The Morgan fingerprint density at radius 3 is 2.61 bits per heavy atom. The van der Waals surface area contributed by atoms with Gasteiger partial charge in [0.15, 0.2) is 11.6 Å². The smallest absolute Gasteiger partial charge is 0.341 e. The number of carboxylic acid groups (broad SMARTS) is 1. The summed E-state index contributed by atoms with van der Waals surface area (Å²) >= 11 is 6.45. The van der Waals surface area contributed by atoms with Gasteiger partial charge in [-0.1, -0.05) is 31.0 Å². The first-order valence-corrected chi connectivity index (χ1v) is 11.0. The number of fused-ring (bicyclic) bond motifs is 1. The van der Waals surface area contributed by atoms with Crippen molar-refractivity contribution in [2.24, 2.45) is 0 Å². The first-order chi connectivity index (χ1) is 14.8. The van der Waals surface area contributed by atoms with Gasteiger partial charge in [0.25, 0.3) is 0 Å². The maximum absolute atomic E-state index is 15.0. The lowest BCUT2D eigenvalue weighted by Gasteiger charge is -2.30. The number of halogens is 2. The zero-order chi connectivity index (χ0) is 22.3. The van der Waals surface area contributed by atoms with Crippen LogP contribution in [0.4, 0.5) is 10.2 Å². The third-order valence-corrected chi connectivity index (χ3v) is 6.23. The minimum Gasteiger partial charge on any atom is -0.477 e. The van der Waals surface area contributed by atoms with Crippen LogP contribution in [0.15, 0.2) is 27.7 Å². The first-order valence-electron chi connectivity index (χ1n) is 10.6. The molecule has 0 atom stereocenters. The predicted octanol–water partition coefficient (Wildman–Crippen LogP) is 3.66. The van der Waals surface area contributed by atoms with Crippen LogP contribution in [-0.4, -0.2) is 46.3 Å². The predicted molar refractivity (Wildman–Crippen MR) is 119 cm³/mol. The normalized spacial score (nSPS) is 16.9. The molecule has 0 radical (unpaired) electrons. The van der Waals surface area contributed by atoms with Gasteiger partial charge in [-0.05, 0) is 31.7 Å². The second kappa shape index (κ2) is 8.59. The Hall–Kier alpha value is -2.45. The van der Waals surface area contributed by atoms with Gasteiger partial charge in [-0.2, -0.15) is 0 Å². The van der Waals surface area contributed by atoms with E-state index in [1.54, 1.807) is 4.57 Å². The third-order valence-electron chi connectivity index (χ3n) is 5.83. The van der Waals surface area contributed by atoms with Gasteiger partial charge in [0, 0.05) is 42.9 Å². The van der Waals surface area contributed by atoms with Gasteiger partial charge in [0.1, 0.15) is 11.2 Å². The van der Waals surface area contributed by atoms with Crippen LogP contribution < -0.4 is 15.6 Å². The summed E-state index contributed by atoms with van der Waals surface area (Å²) in [6.07, 6.45) is 4.53. The molecule has 2 aromatic heterocycles. The van der Waals surface area contributed by atoms with Crippen molar-refractivity contribution in [2.45, 2.75) is 51.6 Å². The van der Waals surface area contributed by atoms with Crippen molar-refractivity contribution >= 4 is 34.4 Å². The molecule has 2 aliphatic rings. The molecule has 0 spiro atoms. The Morgan fingerprint density at radius 1 is 1.35 bits per heavy atom. The third kappa shape index (κ3) is 4.45. The maximum atomic E-state index is 15.0. The number of hydrogen-bond donors (Lipinski definition) is 2. The summed E-state index contributed by atoms with van der Waals surface area (Å²) in [5.74, 6) is -1.74. The number of anilines is 1. The molecule has 2 fully saturated rings. The van der Waals surface area contributed by atoms with E-state index in [0.29, 0.717) is 44.2 Å². The Balaban J connectivity index is 1.65. The van der Waals surface area contributed by atoms with Crippen LogP contribution in [0.25, 0.3) is 11.0 Å². The zero-order valence-corrected chi connectivity index (χ0v) is 18.4. The minimum atomic E-state index is -1.31. The Morgan fingerprint density at radius 2 is 2.03 bits per heavy atom. The molecule has 166 valence electrons. The van der Waals surface area contributed by atoms with Gasteiger partial charge >= 0.3 is 5.97 Å². The van der Waals surface area contributed by atoms with Crippen molar-refractivity contribution < 1.29 is 14.3 Å². The highest BCUT2D eigenvalue weighted by molar-refractivity contribution is 6.30. The molecule has 3 heterocycles. The van der Waals surface area contributed by atoms with Crippen LogP contribution in [0.1, 0.15) is 55.9 Å². The number of nitrogens with zero attached hydrogens (tertiary/aromatic N) is 3. The number of nitrogens with one attached hydrogen (secondary N) is 1. The molecule has 7 nitrogen and oxygen atoms in total. The van der Waals surface area contributed by atoms with Crippen molar-refractivity contribution in [1.29, 1.82) is 0 Å². The summed E-state index contributed by atoms with van der Waals surface area (Å²) in [5, 5.41) is 13.5. The average molecular weight is 449 g/mol. The molecular weight excluding hydrogens is 423 g/mol. The molecule has 1 aliphatic carbocycles. The summed E-state index contributed by atoms with van der Waals surface area (Å²) < 4.78 is 16.7. The van der Waals surface area contributed by atoms with E-state index in [2.05, 4.69) is 24.1 Å². The topological polar surface area (TPSA) is 87.5 Å². The highest BCUT2D eigenvalue weighted by Gasteiger charge is 2.29. The van der Waals surface area contributed by atoms with Gasteiger partial charge in [0.05, 0.1) is 5.39 Å². The number of aromatic nitrogens is 2. The molecule has 1 saturated heterocycles. The summed E-state index contributed by atoms with van der Waals surface area (Å²) in [6.45, 7) is 5.89. The molecule has 2 N–H and O–H groups in total. The van der Waals surface area contributed by atoms with Gasteiger partial charge < -0.3 is 19.9 Å². The second-order valence-electron chi connectivity index (χ2n) is 8.51. The summed E-state index contributed by atoms with van der Waals surface area (Å²) in [5.41, 5.74) is 0.444. The molecule has 0 amide bonds. The second-order valence-corrected chi connectivity index (χ2v) is 8.97. The molecule has 2 aromatic rings. The van der Waals surface area contributed by atoms with E-state index >= 15 is 0 Å². The van der Waals surface area contributed by atoms with E-state index in [1.807, 2.05) is 4.90 Å². The van der Waals surface area contributed by atoms with E-state index in [-0.39, 0.29) is 22.8 Å². The Bertz CT molecular complexity index is 1110. The fraction of sp³-hybridized carbons (Fsp3) is 0.500. The highest BCUT2D eigenvalue weighted by atomic mass is 35.5. The molecule has 0 bridgehead atoms. The van der Waals surface area contributed by atoms with Crippen LogP contribution in [0.2, 0.25) is 0 Å². The molecule has 1 saturated carbocycles. The molecule has 4 rings (SSSR count). The van der Waals surface area contributed by atoms with E-state index in [4.69, 9.17) is 11.6 Å². The largest absolute Gasteiger partial charge is 0.477 e. The van der Waals surface area contributed by atoms with E-state index in [1.165, 1.54) is 6.20 Å². The zero-order valence-electron chi connectivity index (χ0n) is 17.6. The maximum Gasteiger partial charge on any atom is 0.341 e. The van der Waals surface area contributed by atoms with Gasteiger partial charge in [-0.3, -0.25) is 4.79 Å². The van der Waals surface area contributed by atoms with E-state index in [0.717, 1.165) is 29.5 Å². The molecule has 9 heteroatoms. The summed E-state index contributed by atoms with van der Waals surface area (Å²) in [7, 11) is 0. The van der Waals surface area contributed by atoms with Gasteiger partial charge in [-0.25, -0.2) is 14.2 Å². The molecule has 0 unspecified atom stereocenters. The number of pyridine rings is 2. The van der Waals surface area contributed by atoms with Crippen LogP contribution >= 0.6 is 11.6 Å². The molecule has 0 aromatic carbocycles. The fourth-order valence-corrected chi connectivity index (χ4v) is 4.19. The number of hydrogen-bond acceptors (Lipinski definition) is 5. The standard InChI is InChI=1S/C22H26ClFN4O3/c1-12(2)25-10-17(23)13-5-7-27(8-6-13)21-18(24)9-15-19(29)16(22(30)31)11-28(14-3-4-14)20(15)26-21/h9,11-12,14,25H,3-8,10H2,1-2H3,(H,30,31). The minimum absolute atomic E-state index is 0.00782. The highest BCUT2D eigenvalue weighted by Crippen LogP contribution is 2.37. The average Bonchev–Trinajstić information content (AvgIpc) is 3.57. The number of carbonyl (C=O) groups is 1. The quantitative estimate of drug-likeness (QED) is 0.701. The number of piperidine rings is 1. The van der Waals surface area contributed by atoms with Crippen LogP contribution in [0, 0.1) is 5.82 Å². The fourth-order valence-electron chi connectivity index (χ4n) is 3.92. The number of rotatable bonds is 6. The first kappa shape index (κ1) is 21.8. The SMILES string of the molecule is CC(C)NCC(Cl)=C1CCN(c2nc3c(cc2F)c(=O)c(C(=O)O)cn3C2CC2)CC1. The monoisotopic (exact) mass is 448 g/mol. The number of carboxylic acids is 1. The van der Waals surface area contributed by atoms with Crippen molar-refractivity contribution in [3.63, 3.8) is 0 Å². The van der Waals surface area contributed by atoms with Crippen LogP contribution in [0.5, 0.6) is 0 Å². The van der Waals surface area contributed by atoms with Crippen LogP contribution in [0.3, 0.4) is 0 Å². The molecule has 1 aliphatic heterocycles. The van der Waals surface area contributed by atoms with Crippen molar-refractivity contribution in [3.8, 4) is 0 Å². The van der Waals surface area contributed by atoms with Crippen LogP contribution in [-0.2, 0) is 0 Å². The van der Waals surface area contributed by atoms with Crippen molar-refractivity contribution in [3.05, 3.63) is 44.5 Å². The van der Waals surface area contributed by atoms with Crippen molar-refractivity contribution in [1.82, 2.24) is 14.9 Å². The summed E-state index contributed by atoms with van der Waals surface area (Å²) in [6, 6.07) is 1.57. The number of aromatic carboxylic acids is 1. The lowest BCUT2D eigenvalue weighted by atomic mass is 10.0. The van der Waals surface area contributed by atoms with E-state index in [9.17, 15) is 19.1 Å². The van der Waals surface area contributed by atoms with Gasteiger partial charge in [-0.15, -0.1) is 0 Å². The molecule has 31 heavy (non-hydrogen) atoms. The Labute approximate surface area is 184 Å². The van der Waals surface area contributed by atoms with E-state index < -0.39 is 17.2 Å². The lowest BCUT2D eigenvalue weighted by molar-refractivity contribution is 0.0695.